The Labute approximate surface area is 135 Å². The number of likely N-dealkylation sites (tertiary alicyclic amines) is 1. The number of nitrogens with zero attached hydrogens (tertiary/aromatic N) is 1. The summed E-state index contributed by atoms with van der Waals surface area (Å²) in [5.41, 5.74) is 0. The van der Waals surface area contributed by atoms with Crippen molar-refractivity contribution in [2.45, 2.75) is 36.7 Å². The molecular formula is C14H18Cl2N2O2S. The Balaban J connectivity index is 1.80. The highest BCUT2D eigenvalue weighted by Crippen LogP contribution is 2.33. The molecule has 4 nitrogen and oxygen atoms in total. The van der Waals surface area contributed by atoms with E-state index >= 15 is 0 Å². The van der Waals surface area contributed by atoms with Crippen molar-refractivity contribution in [2.24, 2.45) is 5.92 Å². The first-order valence-electron chi connectivity index (χ1n) is 7.09. The number of hydrogen-bond acceptors (Lipinski definition) is 3. The first-order chi connectivity index (χ1) is 9.88. The third-order valence-electron chi connectivity index (χ3n) is 4.20. The zero-order chi connectivity index (χ0) is 15.2. The van der Waals surface area contributed by atoms with E-state index < -0.39 is 10.0 Å². The maximum absolute atomic E-state index is 12.6. The van der Waals surface area contributed by atoms with Crippen LogP contribution in [0.2, 0.25) is 10.0 Å². The Morgan fingerprint density at radius 3 is 2.38 bits per heavy atom. The van der Waals surface area contributed by atoms with Crippen molar-refractivity contribution < 1.29 is 8.42 Å². The zero-order valence-electron chi connectivity index (χ0n) is 11.7. The standard InChI is InChI=1S/C14H18Cl2N2O2S/c1-9-7-18(10-5-6-10)8-13(9)17-21(19,20)14-11(15)3-2-4-12(14)16/h2-4,9-10,13,17H,5-8H2,1H3/t9-,13+/m0/s1. The highest BCUT2D eigenvalue weighted by atomic mass is 35.5. The molecule has 0 unspecified atom stereocenters. The minimum absolute atomic E-state index is 0.0228. The Morgan fingerprint density at radius 2 is 1.81 bits per heavy atom. The molecule has 0 radical (unpaired) electrons. The van der Waals surface area contributed by atoms with Crippen LogP contribution in [0.3, 0.4) is 0 Å². The highest BCUT2D eigenvalue weighted by molar-refractivity contribution is 7.89. The minimum Gasteiger partial charge on any atom is -0.298 e. The zero-order valence-corrected chi connectivity index (χ0v) is 14.0. The molecule has 0 amide bonds. The van der Waals surface area contributed by atoms with Crippen LogP contribution in [0.5, 0.6) is 0 Å². The summed E-state index contributed by atoms with van der Waals surface area (Å²) < 4.78 is 27.9. The van der Waals surface area contributed by atoms with Gasteiger partial charge in [0.1, 0.15) is 4.90 Å². The summed E-state index contributed by atoms with van der Waals surface area (Å²) >= 11 is 12.0. The summed E-state index contributed by atoms with van der Waals surface area (Å²) in [5, 5.41) is 0.305. The number of nitrogens with one attached hydrogen (secondary N) is 1. The fourth-order valence-corrected chi connectivity index (χ4v) is 5.37. The first kappa shape index (κ1) is 15.6. The first-order valence-corrected chi connectivity index (χ1v) is 9.33. The summed E-state index contributed by atoms with van der Waals surface area (Å²) in [7, 11) is -3.71. The van der Waals surface area contributed by atoms with Gasteiger partial charge >= 0.3 is 0 Å². The molecule has 7 heteroatoms. The molecule has 1 aliphatic carbocycles. The Hall–Kier alpha value is -0.330. The van der Waals surface area contributed by atoms with Gasteiger partial charge in [-0.05, 0) is 30.9 Å². The maximum Gasteiger partial charge on any atom is 0.243 e. The molecule has 1 saturated carbocycles. The monoisotopic (exact) mass is 348 g/mol. The average Bonchev–Trinajstić information content (AvgIpc) is 3.15. The summed E-state index contributed by atoms with van der Waals surface area (Å²) in [6, 6.07) is 5.26. The molecule has 3 rings (SSSR count). The summed E-state index contributed by atoms with van der Waals surface area (Å²) in [5.74, 6) is 0.279. The lowest BCUT2D eigenvalue weighted by molar-refractivity contribution is 0.315. The van der Waals surface area contributed by atoms with E-state index in [0.717, 1.165) is 13.1 Å². The third-order valence-corrected chi connectivity index (χ3v) is 6.64. The number of benzene rings is 1. The molecule has 2 aliphatic rings. The van der Waals surface area contributed by atoms with Crippen molar-refractivity contribution in [3.63, 3.8) is 0 Å². The number of halogens is 2. The van der Waals surface area contributed by atoms with Gasteiger partial charge in [0.15, 0.2) is 0 Å². The molecule has 2 atom stereocenters. The highest BCUT2D eigenvalue weighted by Gasteiger charge is 2.40. The molecule has 1 heterocycles. The Morgan fingerprint density at radius 1 is 1.19 bits per heavy atom. The third kappa shape index (κ3) is 3.22. The molecule has 0 aromatic heterocycles. The van der Waals surface area contributed by atoms with Gasteiger partial charge in [0.25, 0.3) is 0 Å². The SMILES string of the molecule is C[C@H]1CN(C2CC2)C[C@H]1NS(=O)(=O)c1c(Cl)cccc1Cl. The topological polar surface area (TPSA) is 49.4 Å². The van der Waals surface area contributed by atoms with Gasteiger partial charge < -0.3 is 0 Å². The van der Waals surface area contributed by atoms with E-state index in [4.69, 9.17) is 23.2 Å². The van der Waals surface area contributed by atoms with E-state index in [9.17, 15) is 8.42 Å². The Bertz CT molecular complexity index is 626. The van der Waals surface area contributed by atoms with Gasteiger partial charge in [-0.15, -0.1) is 0 Å². The van der Waals surface area contributed by atoms with Gasteiger partial charge in [-0.3, -0.25) is 4.90 Å². The van der Waals surface area contributed by atoms with Gasteiger partial charge in [-0.25, -0.2) is 13.1 Å². The molecule has 0 bridgehead atoms. The van der Waals surface area contributed by atoms with Gasteiger partial charge in [-0.1, -0.05) is 36.2 Å². The summed E-state index contributed by atoms with van der Waals surface area (Å²) in [6.07, 6.45) is 2.45. The maximum atomic E-state index is 12.6. The van der Waals surface area contributed by atoms with Crippen molar-refractivity contribution in [2.75, 3.05) is 13.1 Å². The summed E-state index contributed by atoms with van der Waals surface area (Å²) in [4.78, 5) is 2.34. The molecular weight excluding hydrogens is 331 g/mol. The van der Waals surface area contributed by atoms with E-state index in [1.807, 2.05) is 0 Å². The van der Waals surface area contributed by atoms with E-state index in [1.54, 1.807) is 6.07 Å². The van der Waals surface area contributed by atoms with Crippen LogP contribution in [-0.4, -0.2) is 38.5 Å². The second-order valence-electron chi connectivity index (χ2n) is 5.94. The van der Waals surface area contributed by atoms with Crippen LogP contribution in [0.25, 0.3) is 0 Å². The van der Waals surface area contributed by atoms with Gasteiger partial charge in [0.05, 0.1) is 10.0 Å². The number of sulfonamides is 1. The fraction of sp³-hybridized carbons (Fsp3) is 0.571. The molecule has 1 aliphatic heterocycles. The van der Waals surface area contributed by atoms with Crippen LogP contribution in [0.4, 0.5) is 0 Å². The fourth-order valence-electron chi connectivity index (χ4n) is 2.89. The smallest absolute Gasteiger partial charge is 0.243 e. The molecule has 1 N–H and O–H groups in total. The van der Waals surface area contributed by atoms with E-state index in [0.29, 0.717) is 6.04 Å². The molecule has 1 saturated heterocycles. The molecule has 116 valence electrons. The van der Waals surface area contributed by atoms with Crippen LogP contribution < -0.4 is 4.72 Å². The largest absolute Gasteiger partial charge is 0.298 e. The normalized spacial score (nSPS) is 27.2. The molecule has 1 aromatic carbocycles. The van der Waals surface area contributed by atoms with Crippen LogP contribution >= 0.6 is 23.2 Å². The van der Waals surface area contributed by atoms with Crippen LogP contribution in [0.1, 0.15) is 19.8 Å². The van der Waals surface area contributed by atoms with Crippen LogP contribution in [0, 0.1) is 5.92 Å². The number of hydrogen-bond donors (Lipinski definition) is 1. The molecule has 2 fully saturated rings. The van der Waals surface area contributed by atoms with E-state index in [-0.39, 0.29) is 26.9 Å². The second-order valence-corrected chi connectivity index (χ2v) is 8.41. The van der Waals surface area contributed by atoms with E-state index in [2.05, 4.69) is 16.5 Å². The van der Waals surface area contributed by atoms with Crippen molar-refractivity contribution in [1.29, 1.82) is 0 Å². The Kier molecular flexibility index (Phi) is 4.23. The lowest BCUT2D eigenvalue weighted by Crippen LogP contribution is -2.40. The molecule has 21 heavy (non-hydrogen) atoms. The number of rotatable bonds is 4. The molecule has 0 spiro atoms. The second kappa shape index (κ2) is 5.70. The predicted molar refractivity (Wildman–Crippen MR) is 84.3 cm³/mol. The van der Waals surface area contributed by atoms with Gasteiger partial charge in [0.2, 0.25) is 10.0 Å². The average molecular weight is 349 g/mol. The quantitative estimate of drug-likeness (QED) is 0.909. The van der Waals surface area contributed by atoms with Crippen LogP contribution in [-0.2, 0) is 10.0 Å². The van der Waals surface area contributed by atoms with E-state index in [1.165, 1.54) is 25.0 Å². The van der Waals surface area contributed by atoms with Crippen molar-refractivity contribution >= 4 is 33.2 Å². The van der Waals surface area contributed by atoms with Crippen molar-refractivity contribution in [3.8, 4) is 0 Å². The summed E-state index contributed by atoms with van der Waals surface area (Å²) in [6.45, 7) is 3.77. The molecule has 1 aromatic rings. The predicted octanol–water partition coefficient (Wildman–Crippen LogP) is 2.75. The van der Waals surface area contributed by atoms with Crippen LogP contribution in [0.15, 0.2) is 23.1 Å². The lowest BCUT2D eigenvalue weighted by atomic mass is 10.1. The lowest BCUT2D eigenvalue weighted by Gasteiger charge is -2.18. The van der Waals surface area contributed by atoms with Gasteiger partial charge in [-0.2, -0.15) is 0 Å². The van der Waals surface area contributed by atoms with Crippen molar-refractivity contribution in [3.05, 3.63) is 28.2 Å². The minimum atomic E-state index is -3.71. The van der Waals surface area contributed by atoms with Crippen molar-refractivity contribution in [1.82, 2.24) is 9.62 Å². The van der Waals surface area contributed by atoms with Gasteiger partial charge in [0, 0.05) is 25.2 Å².